The first-order chi connectivity index (χ1) is 6.15. The van der Waals surface area contributed by atoms with Gasteiger partial charge in [-0.1, -0.05) is 0 Å². The van der Waals surface area contributed by atoms with E-state index < -0.39 is 0 Å². The van der Waals surface area contributed by atoms with E-state index in [2.05, 4.69) is 36.8 Å². The minimum absolute atomic E-state index is 0.626. The van der Waals surface area contributed by atoms with E-state index in [1.165, 1.54) is 0 Å². The molecule has 72 valence electrons. The Morgan fingerprint density at radius 3 is 2.77 bits per heavy atom. The van der Waals surface area contributed by atoms with E-state index in [9.17, 15) is 0 Å². The van der Waals surface area contributed by atoms with Crippen molar-refractivity contribution in [3.8, 4) is 0 Å². The van der Waals surface area contributed by atoms with E-state index in [0.717, 1.165) is 21.3 Å². The fourth-order valence-corrected chi connectivity index (χ4v) is 2.28. The van der Waals surface area contributed by atoms with Crippen LogP contribution in [0.1, 0.15) is 0 Å². The lowest BCUT2D eigenvalue weighted by Gasteiger charge is -2.18. The smallest absolute Gasteiger partial charge is 0.142 e. The highest BCUT2D eigenvalue weighted by atomic mass is 79.9. The van der Waals surface area contributed by atoms with Crippen molar-refractivity contribution in [2.75, 3.05) is 25.0 Å². The number of likely N-dealkylation sites (N-methyl/N-ethyl adjacent to an activating group) is 1. The molecular weight excluding hydrogens is 298 g/mol. The Hall–Kier alpha value is -0.130. The molecule has 2 N–H and O–H groups in total. The van der Waals surface area contributed by atoms with Gasteiger partial charge in [0.1, 0.15) is 5.82 Å². The number of hydrogen-bond acceptors (Lipinski definition) is 3. The van der Waals surface area contributed by atoms with E-state index in [1.807, 2.05) is 18.0 Å². The summed E-state index contributed by atoms with van der Waals surface area (Å²) in [5.74, 6) is 0.911. The summed E-state index contributed by atoms with van der Waals surface area (Å²) in [5, 5.41) is 0. The Labute approximate surface area is 94.6 Å². The summed E-state index contributed by atoms with van der Waals surface area (Å²) >= 11 is 6.79. The van der Waals surface area contributed by atoms with Crippen LogP contribution < -0.4 is 10.6 Å². The molecule has 1 heterocycles. The number of anilines is 1. The zero-order chi connectivity index (χ0) is 9.84. The zero-order valence-electron chi connectivity index (χ0n) is 7.30. The van der Waals surface area contributed by atoms with Crippen LogP contribution in [-0.4, -0.2) is 25.1 Å². The fourth-order valence-electron chi connectivity index (χ4n) is 0.988. The van der Waals surface area contributed by atoms with Crippen molar-refractivity contribution < 1.29 is 0 Å². The number of nitrogens with zero attached hydrogens (tertiary/aromatic N) is 2. The molecule has 3 nitrogen and oxygen atoms in total. The quantitative estimate of drug-likeness (QED) is 0.929. The number of rotatable bonds is 3. The minimum atomic E-state index is 0.626. The molecule has 1 aromatic rings. The second-order valence-corrected chi connectivity index (χ2v) is 4.44. The molecule has 0 aliphatic carbocycles. The predicted octanol–water partition coefficient (Wildman–Crippen LogP) is 2.00. The maximum Gasteiger partial charge on any atom is 0.142 e. The van der Waals surface area contributed by atoms with Crippen LogP contribution in [0.3, 0.4) is 0 Å². The second kappa shape index (κ2) is 4.93. The summed E-state index contributed by atoms with van der Waals surface area (Å²) in [4.78, 5) is 6.28. The molecular formula is C8H11Br2N3. The van der Waals surface area contributed by atoms with Crippen molar-refractivity contribution in [2.45, 2.75) is 0 Å². The van der Waals surface area contributed by atoms with Crippen LogP contribution in [0.2, 0.25) is 0 Å². The van der Waals surface area contributed by atoms with Gasteiger partial charge in [0.05, 0.1) is 4.47 Å². The topological polar surface area (TPSA) is 42.1 Å². The maximum absolute atomic E-state index is 5.45. The van der Waals surface area contributed by atoms with Crippen LogP contribution in [0, 0.1) is 0 Å². The molecule has 0 aromatic carbocycles. The van der Waals surface area contributed by atoms with Gasteiger partial charge in [0.15, 0.2) is 0 Å². The van der Waals surface area contributed by atoms with Crippen molar-refractivity contribution in [3.63, 3.8) is 0 Å². The standard InChI is InChI=1S/C8H11Br2N3/c1-13(3-2-11)8-7(10)4-6(9)5-12-8/h4-5H,2-3,11H2,1H3. The number of halogens is 2. The number of pyridine rings is 1. The highest BCUT2D eigenvalue weighted by Crippen LogP contribution is 2.25. The van der Waals surface area contributed by atoms with Crippen LogP contribution in [0.15, 0.2) is 21.2 Å². The van der Waals surface area contributed by atoms with Gasteiger partial charge in [0.25, 0.3) is 0 Å². The summed E-state index contributed by atoms with van der Waals surface area (Å²) in [7, 11) is 1.97. The molecule has 0 fully saturated rings. The van der Waals surface area contributed by atoms with Crippen LogP contribution in [-0.2, 0) is 0 Å². The molecule has 0 amide bonds. The van der Waals surface area contributed by atoms with Gasteiger partial charge >= 0.3 is 0 Å². The Bertz CT molecular complexity index is 291. The summed E-state index contributed by atoms with van der Waals surface area (Å²) < 4.78 is 1.93. The first-order valence-electron chi connectivity index (χ1n) is 3.87. The molecule has 0 saturated heterocycles. The van der Waals surface area contributed by atoms with Crippen LogP contribution in [0.4, 0.5) is 5.82 Å². The van der Waals surface area contributed by atoms with Crippen molar-refractivity contribution >= 4 is 37.7 Å². The first kappa shape index (κ1) is 10.9. The van der Waals surface area contributed by atoms with E-state index in [1.54, 1.807) is 6.20 Å². The number of nitrogens with two attached hydrogens (primary N) is 1. The molecule has 0 atom stereocenters. The van der Waals surface area contributed by atoms with Gasteiger partial charge in [0.2, 0.25) is 0 Å². The van der Waals surface area contributed by atoms with E-state index in [-0.39, 0.29) is 0 Å². The Kier molecular flexibility index (Phi) is 4.15. The van der Waals surface area contributed by atoms with Gasteiger partial charge in [0, 0.05) is 30.8 Å². The van der Waals surface area contributed by atoms with Gasteiger partial charge in [-0.05, 0) is 37.9 Å². The minimum Gasteiger partial charge on any atom is -0.357 e. The molecule has 1 rings (SSSR count). The summed E-state index contributed by atoms with van der Waals surface area (Å²) in [6.07, 6.45) is 1.77. The Morgan fingerprint density at radius 1 is 1.54 bits per heavy atom. The molecule has 5 heteroatoms. The Morgan fingerprint density at radius 2 is 2.23 bits per heavy atom. The highest BCUT2D eigenvalue weighted by Gasteiger charge is 2.06. The normalized spacial score (nSPS) is 10.2. The average molecular weight is 309 g/mol. The second-order valence-electron chi connectivity index (χ2n) is 2.67. The predicted molar refractivity (Wildman–Crippen MR) is 62.0 cm³/mol. The van der Waals surface area contributed by atoms with E-state index in [4.69, 9.17) is 5.73 Å². The number of aromatic nitrogens is 1. The molecule has 0 saturated carbocycles. The molecule has 0 aliphatic heterocycles. The lowest BCUT2D eigenvalue weighted by molar-refractivity contribution is 0.865. The summed E-state index contributed by atoms with van der Waals surface area (Å²) in [6, 6.07) is 1.97. The third kappa shape index (κ3) is 2.93. The van der Waals surface area contributed by atoms with Crippen molar-refractivity contribution in [1.29, 1.82) is 0 Å². The monoisotopic (exact) mass is 307 g/mol. The maximum atomic E-state index is 5.45. The molecule has 0 spiro atoms. The van der Waals surface area contributed by atoms with Gasteiger partial charge in [-0.2, -0.15) is 0 Å². The lowest BCUT2D eigenvalue weighted by atomic mass is 10.4. The molecule has 0 aliphatic rings. The molecule has 13 heavy (non-hydrogen) atoms. The van der Waals surface area contributed by atoms with Crippen LogP contribution in [0.5, 0.6) is 0 Å². The van der Waals surface area contributed by atoms with Gasteiger partial charge in [-0.25, -0.2) is 4.98 Å². The zero-order valence-corrected chi connectivity index (χ0v) is 10.5. The third-order valence-electron chi connectivity index (χ3n) is 1.61. The SMILES string of the molecule is CN(CCN)c1ncc(Br)cc1Br. The average Bonchev–Trinajstić information content (AvgIpc) is 2.04. The van der Waals surface area contributed by atoms with Gasteiger partial charge in [-0.3, -0.25) is 0 Å². The molecule has 0 radical (unpaired) electrons. The molecule has 0 unspecified atom stereocenters. The highest BCUT2D eigenvalue weighted by molar-refractivity contribution is 9.11. The van der Waals surface area contributed by atoms with Crippen molar-refractivity contribution in [3.05, 3.63) is 21.2 Å². The van der Waals surface area contributed by atoms with Gasteiger partial charge in [-0.15, -0.1) is 0 Å². The van der Waals surface area contributed by atoms with E-state index in [0.29, 0.717) is 6.54 Å². The van der Waals surface area contributed by atoms with E-state index >= 15 is 0 Å². The molecule has 0 bridgehead atoms. The lowest BCUT2D eigenvalue weighted by Crippen LogP contribution is -2.26. The fraction of sp³-hybridized carbons (Fsp3) is 0.375. The van der Waals surface area contributed by atoms with Gasteiger partial charge < -0.3 is 10.6 Å². The first-order valence-corrected chi connectivity index (χ1v) is 5.46. The van der Waals surface area contributed by atoms with Crippen molar-refractivity contribution in [1.82, 2.24) is 4.98 Å². The largest absolute Gasteiger partial charge is 0.357 e. The van der Waals surface area contributed by atoms with Crippen molar-refractivity contribution in [2.24, 2.45) is 5.73 Å². The molecule has 1 aromatic heterocycles. The van der Waals surface area contributed by atoms with Crippen LogP contribution >= 0.6 is 31.9 Å². The van der Waals surface area contributed by atoms with Crippen LogP contribution in [0.25, 0.3) is 0 Å². The summed E-state index contributed by atoms with van der Waals surface area (Å²) in [5.41, 5.74) is 5.45. The Balaban J connectivity index is 2.88. The number of hydrogen-bond donors (Lipinski definition) is 1. The third-order valence-corrected chi connectivity index (χ3v) is 2.63. The summed E-state index contributed by atoms with van der Waals surface area (Å²) in [6.45, 7) is 1.42.